The number of hydrogen-bond donors (Lipinski definition) is 2. The van der Waals surface area contributed by atoms with E-state index in [2.05, 4.69) is 9.97 Å². The lowest BCUT2D eigenvalue weighted by Crippen LogP contribution is -2.23. The van der Waals surface area contributed by atoms with Crippen LogP contribution in [-0.2, 0) is 17.1 Å². The van der Waals surface area contributed by atoms with Gasteiger partial charge in [0.2, 0.25) is 5.91 Å². The van der Waals surface area contributed by atoms with Gasteiger partial charge in [-0.15, -0.1) is 0 Å². The minimum atomic E-state index is -0.317. The van der Waals surface area contributed by atoms with Crippen molar-refractivity contribution in [3.63, 3.8) is 0 Å². The van der Waals surface area contributed by atoms with Gasteiger partial charge in [0.1, 0.15) is 5.82 Å². The number of unbranched alkanes of at least 4 members (excludes halogenated alkanes) is 2. The number of aromatic nitrogens is 4. The van der Waals surface area contributed by atoms with E-state index in [1.54, 1.807) is 16.7 Å². The van der Waals surface area contributed by atoms with Gasteiger partial charge in [-0.05, 0) is 43.5 Å². The average molecular weight is 464 g/mol. The third-order valence-corrected chi connectivity index (χ3v) is 6.44. The normalized spacial score (nSPS) is 11.3. The lowest BCUT2D eigenvalue weighted by Gasteiger charge is -2.13. The lowest BCUT2D eigenvalue weighted by molar-refractivity contribution is -0.118. The summed E-state index contributed by atoms with van der Waals surface area (Å²) in [6.07, 6.45) is 2.54. The van der Waals surface area contributed by atoms with Gasteiger partial charge in [0.05, 0.1) is 27.6 Å². The van der Waals surface area contributed by atoms with Gasteiger partial charge in [0, 0.05) is 13.0 Å². The van der Waals surface area contributed by atoms with Crippen molar-refractivity contribution in [2.75, 3.05) is 0 Å². The zero-order chi connectivity index (χ0) is 23.4. The Morgan fingerprint density at radius 3 is 2.64 bits per heavy atom. The Morgan fingerprint density at radius 1 is 1.03 bits per heavy atom. The first kappa shape index (κ1) is 22.7. The Balaban J connectivity index is 1.61. The van der Waals surface area contributed by atoms with Crippen molar-refractivity contribution in [3.8, 4) is 0 Å². The molecule has 9 heteroatoms. The highest BCUT2D eigenvalue weighted by Gasteiger charge is 2.13. The summed E-state index contributed by atoms with van der Waals surface area (Å²) in [5.74, 6) is 0.580. The first-order valence-corrected chi connectivity index (χ1v) is 11.8. The number of amides is 1. The molecule has 2 heterocycles. The van der Waals surface area contributed by atoms with Crippen molar-refractivity contribution in [2.45, 2.75) is 50.1 Å². The molecular formula is C24H25N5O3S. The molecule has 33 heavy (non-hydrogen) atoms. The van der Waals surface area contributed by atoms with Crippen LogP contribution in [0, 0.1) is 6.92 Å². The van der Waals surface area contributed by atoms with Crippen LogP contribution in [0.1, 0.15) is 37.1 Å². The van der Waals surface area contributed by atoms with Crippen LogP contribution in [-0.4, -0.2) is 25.4 Å². The highest BCUT2D eigenvalue weighted by Crippen LogP contribution is 2.22. The fraction of sp³-hybridized carbons (Fsp3) is 0.292. The van der Waals surface area contributed by atoms with E-state index >= 15 is 0 Å². The predicted octanol–water partition coefficient (Wildman–Crippen LogP) is 3.28. The number of H-pyrrole nitrogens is 1. The molecule has 0 spiro atoms. The molecular weight excluding hydrogens is 438 g/mol. The summed E-state index contributed by atoms with van der Waals surface area (Å²) < 4.78 is 1.67. The molecule has 0 bridgehead atoms. The second-order valence-electron chi connectivity index (χ2n) is 7.92. The number of rotatable bonds is 9. The molecule has 3 N–H and O–H groups in total. The molecule has 0 saturated carbocycles. The highest BCUT2D eigenvalue weighted by atomic mass is 32.2. The molecule has 4 aromatic rings. The fourth-order valence-corrected chi connectivity index (χ4v) is 4.65. The van der Waals surface area contributed by atoms with Gasteiger partial charge in [-0.2, -0.15) is 0 Å². The van der Waals surface area contributed by atoms with E-state index in [-0.39, 0.29) is 17.0 Å². The molecule has 0 radical (unpaired) electrons. The number of aryl methyl sites for hydroxylation is 1. The van der Waals surface area contributed by atoms with Crippen LogP contribution in [0.5, 0.6) is 0 Å². The second-order valence-corrected chi connectivity index (χ2v) is 8.86. The number of carbonyl (C=O) groups excluding carboxylic acids is 1. The quantitative estimate of drug-likeness (QED) is 0.223. The van der Waals surface area contributed by atoms with Gasteiger partial charge in [-0.1, -0.05) is 42.4 Å². The van der Waals surface area contributed by atoms with E-state index in [0.717, 1.165) is 18.4 Å². The number of carbonyl (C=O) groups is 1. The van der Waals surface area contributed by atoms with Gasteiger partial charge >= 0.3 is 0 Å². The largest absolute Gasteiger partial charge is 0.370 e. The molecule has 2 aromatic carbocycles. The summed E-state index contributed by atoms with van der Waals surface area (Å²) in [6, 6.07) is 12.8. The van der Waals surface area contributed by atoms with Crippen molar-refractivity contribution in [3.05, 3.63) is 74.6 Å². The molecule has 4 rings (SSSR count). The Hall–Kier alpha value is -3.46. The Morgan fingerprint density at radius 2 is 1.82 bits per heavy atom. The zero-order valence-electron chi connectivity index (χ0n) is 18.3. The van der Waals surface area contributed by atoms with Crippen LogP contribution >= 0.6 is 11.8 Å². The van der Waals surface area contributed by atoms with Crippen molar-refractivity contribution < 1.29 is 4.79 Å². The number of nitrogens with one attached hydrogen (secondary N) is 1. The standard InChI is InChI=1S/C24H25N5O3S/c1-15-8-7-10-17-21(15)27-20(28-22(17)31)14-33-24-26-18-11-5-4-9-16(18)23(32)29(24)13-6-2-3-12-19(25)30/h4-5,7-11H,2-3,6,12-14H2,1H3,(H2,25,30)(H,27,28,31). The van der Waals surface area contributed by atoms with Gasteiger partial charge < -0.3 is 10.7 Å². The molecule has 0 saturated heterocycles. The predicted molar refractivity (Wildman–Crippen MR) is 130 cm³/mol. The first-order valence-electron chi connectivity index (χ1n) is 10.8. The van der Waals surface area contributed by atoms with Crippen LogP contribution < -0.4 is 16.9 Å². The summed E-state index contributed by atoms with van der Waals surface area (Å²) in [5, 5.41) is 1.69. The maximum atomic E-state index is 13.2. The molecule has 2 aromatic heterocycles. The highest BCUT2D eigenvalue weighted by molar-refractivity contribution is 7.98. The average Bonchev–Trinajstić information content (AvgIpc) is 2.79. The number of nitrogens with two attached hydrogens (primary N) is 1. The smallest absolute Gasteiger partial charge is 0.262 e. The number of para-hydroxylation sites is 2. The van der Waals surface area contributed by atoms with Crippen molar-refractivity contribution in [2.24, 2.45) is 5.73 Å². The Kier molecular flexibility index (Phi) is 6.88. The molecule has 170 valence electrons. The van der Waals surface area contributed by atoms with Gasteiger partial charge in [-0.3, -0.25) is 19.0 Å². The first-order chi connectivity index (χ1) is 15.9. The van der Waals surface area contributed by atoms with E-state index < -0.39 is 0 Å². The van der Waals surface area contributed by atoms with Crippen LogP contribution in [0.15, 0.2) is 57.2 Å². The van der Waals surface area contributed by atoms with Gasteiger partial charge in [0.15, 0.2) is 5.16 Å². The summed E-state index contributed by atoms with van der Waals surface area (Å²) >= 11 is 1.37. The van der Waals surface area contributed by atoms with E-state index in [9.17, 15) is 14.4 Å². The van der Waals surface area contributed by atoms with Crippen molar-refractivity contribution >= 4 is 39.5 Å². The second kappa shape index (κ2) is 9.99. The van der Waals surface area contributed by atoms with Crippen LogP contribution in [0.3, 0.4) is 0 Å². The fourth-order valence-electron chi connectivity index (χ4n) is 3.75. The topological polar surface area (TPSA) is 124 Å². The molecule has 8 nitrogen and oxygen atoms in total. The monoisotopic (exact) mass is 463 g/mol. The molecule has 0 fully saturated rings. The maximum absolute atomic E-state index is 13.2. The maximum Gasteiger partial charge on any atom is 0.262 e. The van der Waals surface area contributed by atoms with Crippen molar-refractivity contribution in [1.29, 1.82) is 0 Å². The molecule has 0 unspecified atom stereocenters. The molecule has 0 aliphatic rings. The molecule has 0 aliphatic heterocycles. The SMILES string of the molecule is Cc1cccc2c(=O)[nH]c(CSc3nc4ccccc4c(=O)n3CCCCCC(N)=O)nc12. The summed E-state index contributed by atoms with van der Waals surface area (Å²) in [4.78, 5) is 48.8. The van der Waals surface area contributed by atoms with Gasteiger partial charge in [-0.25, -0.2) is 9.97 Å². The third-order valence-electron chi connectivity index (χ3n) is 5.46. The summed E-state index contributed by atoms with van der Waals surface area (Å²) in [5.41, 5.74) is 7.16. The lowest BCUT2D eigenvalue weighted by atomic mass is 10.1. The number of benzene rings is 2. The third kappa shape index (κ3) is 5.14. The number of nitrogens with zero attached hydrogens (tertiary/aromatic N) is 3. The van der Waals surface area contributed by atoms with E-state index in [0.29, 0.717) is 57.9 Å². The molecule has 0 aliphatic carbocycles. The summed E-state index contributed by atoms with van der Waals surface area (Å²) in [6.45, 7) is 2.41. The zero-order valence-corrected chi connectivity index (χ0v) is 19.2. The van der Waals surface area contributed by atoms with Crippen LogP contribution in [0.25, 0.3) is 21.8 Å². The van der Waals surface area contributed by atoms with Crippen molar-refractivity contribution in [1.82, 2.24) is 19.5 Å². The van der Waals surface area contributed by atoms with E-state index in [4.69, 9.17) is 10.7 Å². The van der Waals surface area contributed by atoms with Crippen LogP contribution in [0.4, 0.5) is 0 Å². The minimum Gasteiger partial charge on any atom is -0.370 e. The van der Waals surface area contributed by atoms with Gasteiger partial charge in [0.25, 0.3) is 11.1 Å². The Bertz CT molecular complexity index is 1440. The van der Waals surface area contributed by atoms with Crippen LogP contribution in [0.2, 0.25) is 0 Å². The number of fused-ring (bicyclic) bond motifs is 2. The number of thioether (sulfide) groups is 1. The molecule has 0 atom stereocenters. The Labute approximate surface area is 194 Å². The minimum absolute atomic E-state index is 0.103. The number of hydrogen-bond acceptors (Lipinski definition) is 6. The van der Waals surface area contributed by atoms with E-state index in [1.165, 1.54) is 11.8 Å². The number of primary amides is 1. The number of aromatic amines is 1. The van der Waals surface area contributed by atoms with E-state index in [1.807, 2.05) is 37.3 Å². The molecule has 1 amide bonds. The summed E-state index contributed by atoms with van der Waals surface area (Å²) in [7, 11) is 0.